The van der Waals surface area contributed by atoms with Gasteiger partial charge in [0.2, 0.25) is 0 Å². The molecule has 5 heteroatoms. The van der Waals surface area contributed by atoms with Gasteiger partial charge in [-0.2, -0.15) is 0 Å². The molecule has 15 heavy (non-hydrogen) atoms. The molecular weight excluding hydrogens is 198 g/mol. The van der Waals surface area contributed by atoms with Gasteiger partial charge in [-0.3, -0.25) is 9.59 Å². The molecule has 0 aliphatic heterocycles. The van der Waals surface area contributed by atoms with Crippen LogP contribution in [-0.2, 0) is 9.59 Å². The SMILES string of the molecule is CC(C)=CCNC(CCC(=O)O)C(=O)O. The average Bonchev–Trinajstić information content (AvgIpc) is 2.09. The first-order chi connectivity index (χ1) is 6.93. The van der Waals surface area contributed by atoms with Crippen molar-refractivity contribution in [3.63, 3.8) is 0 Å². The molecule has 0 radical (unpaired) electrons. The monoisotopic (exact) mass is 215 g/mol. The molecule has 3 N–H and O–H groups in total. The third kappa shape index (κ3) is 7.69. The van der Waals surface area contributed by atoms with Crippen LogP contribution in [0.2, 0.25) is 0 Å². The van der Waals surface area contributed by atoms with E-state index >= 15 is 0 Å². The summed E-state index contributed by atoms with van der Waals surface area (Å²) >= 11 is 0. The molecule has 0 aromatic carbocycles. The summed E-state index contributed by atoms with van der Waals surface area (Å²) in [6.45, 7) is 4.27. The molecule has 0 spiro atoms. The van der Waals surface area contributed by atoms with E-state index in [4.69, 9.17) is 10.2 Å². The Labute approximate surface area is 88.8 Å². The van der Waals surface area contributed by atoms with Gasteiger partial charge in [0, 0.05) is 13.0 Å². The van der Waals surface area contributed by atoms with Gasteiger partial charge in [0.1, 0.15) is 6.04 Å². The highest BCUT2D eigenvalue weighted by molar-refractivity contribution is 5.75. The lowest BCUT2D eigenvalue weighted by atomic mass is 10.1. The van der Waals surface area contributed by atoms with Crippen LogP contribution in [0, 0.1) is 0 Å². The Morgan fingerprint density at radius 3 is 2.33 bits per heavy atom. The van der Waals surface area contributed by atoms with Crippen LogP contribution in [0.4, 0.5) is 0 Å². The summed E-state index contributed by atoms with van der Waals surface area (Å²) in [6.07, 6.45) is 1.82. The number of hydrogen-bond acceptors (Lipinski definition) is 3. The van der Waals surface area contributed by atoms with E-state index < -0.39 is 18.0 Å². The highest BCUT2D eigenvalue weighted by atomic mass is 16.4. The first kappa shape index (κ1) is 13.6. The molecule has 86 valence electrons. The van der Waals surface area contributed by atoms with E-state index in [0.29, 0.717) is 6.54 Å². The molecule has 0 bridgehead atoms. The van der Waals surface area contributed by atoms with Gasteiger partial charge in [0.25, 0.3) is 0 Å². The van der Waals surface area contributed by atoms with E-state index in [1.807, 2.05) is 19.9 Å². The van der Waals surface area contributed by atoms with Crippen LogP contribution >= 0.6 is 0 Å². The van der Waals surface area contributed by atoms with E-state index in [2.05, 4.69) is 5.32 Å². The molecule has 1 unspecified atom stereocenters. The molecule has 0 heterocycles. The topological polar surface area (TPSA) is 86.6 Å². The second kappa shape index (κ2) is 7.00. The summed E-state index contributed by atoms with van der Waals surface area (Å²) in [7, 11) is 0. The van der Waals surface area contributed by atoms with Crippen molar-refractivity contribution < 1.29 is 19.8 Å². The normalized spacial score (nSPS) is 11.9. The number of carboxylic acids is 2. The highest BCUT2D eigenvalue weighted by Crippen LogP contribution is 1.98. The maximum Gasteiger partial charge on any atom is 0.320 e. The van der Waals surface area contributed by atoms with Gasteiger partial charge in [0.05, 0.1) is 0 Å². The van der Waals surface area contributed by atoms with Crippen LogP contribution in [0.5, 0.6) is 0 Å². The Morgan fingerprint density at radius 1 is 1.33 bits per heavy atom. The van der Waals surface area contributed by atoms with E-state index in [1.165, 1.54) is 0 Å². The van der Waals surface area contributed by atoms with Gasteiger partial charge in [-0.1, -0.05) is 11.6 Å². The molecule has 0 saturated carbocycles. The molecule has 0 aromatic rings. The molecule has 0 fully saturated rings. The number of hydrogen-bond donors (Lipinski definition) is 3. The number of aliphatic carboxylic acids is 2. The quantitative estimate of drug-likeness (QED) is 0.548. The maximum absolute atomic E-state index is 10.7. The van der Waals surface area contributed by atoms with Gasteiger partial charge in [-0.05, 0) is 20.3 Å². The lowest BCUT2D eigenvalue weighted by molar-refractivity contribution is -0.140. The Morgan fingerprint density at radius 2 is 1.93 bits per heavy atom. The van der Waals surface area contributed by atoms with Crippen molar-refractivity contribution in [1.29, 1.82) is 0 Å². The summed E-state index contributed by atoms with van der Waals surface area (Å²) in [5.74, 6) is -2.00. The van der Waals surface area contributed by atoms with Crippen molar-refractivity contribution in [3.05, 3.63) is 11.6 Å². The molecule has 0 amide bonds. The maximum atomic E-state index is 10.7. The minimum atomic E-state index is -1.02. The van der Waals surface area contributed by atoms with Crippen molar-refractivity contribution in [3.8, 4) is 0 Å². The summed E-state index contributed by atoms with van der Waals surface area (Å²) in [6, 6.07) is -0.795. The fourth-order valence-corrected chi connectivity index (χ4v) is 0.986. The minimum absolute atomic E-state index is 0.0985. The third-order valence-corrected chi connectivity index (χ3v) is 1.82. The van der Waals surface area contributed by atoms with E-state index in [1.54, 1.807) is 0 Å². The highest BCUT2D eigenvalue weighted by Gasteiger charge is 2.16. The van der Waals surface area contributed by atoms with E-state index in [-0.39, 0.29) is 12.8 Å². The fraction of sp³-hybridized carbons (Fsp3) is 0.600. The molecular formula is C10H17NO4. The zero-order valence-electron chi connectivity index (χ0n) is 8.99. The van der Waals surface area contributed by atoms with Gasteiger partial charge < -0.3 is 15.5 Å². The zero-order valence-corrected chi connectivity index (χ0v) is 8.99. The zero-order chi connectivity index (χ0) is 11.8. The van der Waals surface area contributed by atoms with Crippen LogP contribution in [0.1, 0.15) is 26.7 Å². The largest absolute Gasteiger partial charge is 0.481 e. The lowest BCUT2D eigenvalue weighted by Crippen LogP contribution is -2.37. The van der Waals surface area contributed by atoms with E-state index in [0.717, 1.165) is 5.57 Å². The number of allylic oxidation sites excluding steroid dienone is 1. The first-order valence-corrected chi connectivity index (χ1v) is 4.75. The first-order valence-electron chi connectivity index (χ1n) is 4.75. The van der Waals surface area contributed by atoms with Crippen molar-refractivity contribution in [2.75, 3.05) is 6.54 Å². The van der Waals surface area contributed by atoms with Gasteiger partial charge in [0.15, 0.2) is 0 Å². The summed E-state index contributed by atoms with van der Waals surface area (Å²) in [5.41, 5.74) is 1.09. The number of rotatable bonds is 7. The fourth-order valence-electron chi connectivity index (χ4n) is 0.986. The Bertz CT molecular complexity index is 256. The lowest BCUT2D eigenvalue weighted by Gasteiger charge is -2.11. The minimum Gasteiger partial charge on any atom is -0.481 e. The smallest absolute Gasteiger partial charge is 0.320 e. The molecule has 0 saturated heterocycles. The predicted molar refractivity (Wildman–Crippen MR) is 55.7 cm³/mol. The molecule has 5 nitrogen and oxygen atoms in total. The standard InChI is InChI=1S/C10H17NO4/c1-7(2)5-6-11-8(10(14)15)3-4-9(12)13/h5,8,11H,3-4,6H2,1-2H3,(H,12,13)(H,14,15). The second-order valence-corrected chi connectivity index (χ2v) is 3.51. The summed E-state index contributed by atoms with van der Waals surface area (Å²) in [5, 5.41) is 20.0. The summed E-state index contributed by atoms with van der Waals surface area (Å²) in [4.78, 5) is 21.0. The molecule has 0 rings (SSSR count). The Balaban J connectivity index is 4.00. The molecule has 0 aliphatic carbocycles. The average molecular weight is 215 g/mol. The van der Waals surface area contributed by atoms with Crippen LogP contribution in [0.25, 0.3) is 0 Å². The predicted octanol–water partition coefficient (Wildman–Crippen LogP) is 0.860. The molecule has 0 aromatic heterocycles. The van der Waals surface area contributed by atoms with Crippen LogP contribution in [0.15, 0.2) is 11.6 Å². The molecule has 0 aliphatic rings. The van der Waals surface area contributed by atoms with Crippen molar-refractivity contribution in [2.45, 2.75) is 32.7 Å². The van der Waals surface area contributed by atoms with Gasteiger partial charge in [-0.15, -0.1) is 0 Å². The van der Waals surface area contributed by atoms with Crippen LogP contribution < -0.4 is 5.32 Å². The number of nitrogens with one attached hydrogen (secondary N) is 1. The van der Waals surface area contributed by atoms with Crippen molar-refractivity contribution in [1.82, 2.24) is 5.32 Å². The van der Waals surface area contributed by atoms with Crippen LogP contribution in [-0.4, -0.2) is 34.7 Å². The van der Waals surface area contributed by atoms with Crippen LogP contribution in [0.3, 0.4) is 0 Å². The number of carbonyl (C=O) groups is 2. The number of carboxylic acid groups (broad SMARTS) is 2. The van der Waals surface area contributed by atoms with Crippen molar-refractivity contribution in [2.24, 2.45) is 0 Å². The molecule has 1 atom stereocenters. The van der Waals surface area contributed by atoms with Gasteiger partial charge in [-0.25, -0.2) is 0 Å². The second-order valence-electron chi connectivity index (χ2n) is 3.51. The Kier molecular flexibility index (Phi) is 6.37. The Hall–Kier alpha value is -1.36. The van der Waals surface area contributed by atoms with Crippen molar-refractivity contribution >= 4 is 11.9 Å². The summed E-state index contributed by atoms with van der Waals surface area (Å²) < 4.78 is 0. The van der Waals surface area contributed by atoms with Gasteiger partial charge >= 0.3 is 11.9 Å². The third-order valence-electron chi connectivity index (χ3n) is 1.82. The van der Waals surface area contributed by atoms with E-state index in [9.17, 15) is 9.59 Å².